The average Bonchev–Trinajstić information content (AvgIpc) is 3.27. The fourth-order valence-corrected chi connectivity index (χ4v) is 5.08. The molecule has 0 aliphatic carbocycles. The topological polar surface area (TPSA) is 77.2 Å². The zero-order valence-electron chi connectivity index (χ0n) is 20.0. The summed E-state index contributed by atoms with van der Waals surface area (Å²) in [5.41, 5.74) is 0.586. The average molecular weight is 582 g/mol. The van der Waals surface area contributed by atoms with Gasteiger partial charge in [-0.25, -0.2) is 18.0 Å². The van der Waals surface area contributed by atoms with Crippen molar-refractivity contribution in [3.8, 4) is 11.4 Å². The molecule has 4 aromatic rings. The number of carbonyl (C=O) groups is 1. The third-order valence-electron chi connectivity index (χ3n) is 5.83. The first-order valence-corrected chi connectivity index (χ1v) is 12.9. The second-order valence-corrected chi connectivity index (χ2v) is 10.1. The molecule has 0 fully saturated rings. The number of thioether (sulfide) groups is 1. The Morgan fingerprint density at radius 1 is 1.03 bits per heavy atom. The van der Waals surface area contributed by atoms with Crippen LogP contribution in [0.3, 0.4) is 0 Å². The summed E-state index contributed by atoms with van der Waals surface area (Å²) in [7, 11) is 1.34. The molecule has 1 N–H and O–H groups in total. The SMILES string of the molecule is COc1cc(-n2c(CC(C)c3ccc(Cl)c(Cl)c3)nnc2SCc2c(F)cc(C(=O)O)cc2F)ccc1F. The minimum Gasteiger partial charge on any atom is -0.494 e. The number of halogens is 5. The van der Waals surface area contributed by atoms with E-state index < -0.39 is 29.0 Å². The Kier molecular flexibility index (Phi) is 8.54. The molecule has 1 aromatic heterocycles. The molecule has 1 heterocycles. The van der Waals surface area contributed by atoms with Crippen LogP contribution in [-0.4, -0.2) is 33.0 Å². The van der Waals surface area contributed by atoms with E-state index in [-0.39, 0.29) is 28.1 Å². The van der Waals surface area contributed by atoms with E-state index in [1.54, 1.807) is 16.7 Å². The highest BCUT2D eigenvalue weighted by molar-refractivity contribution is 7.98. The predicted molar refractivity (Wildman–Crippen MR) is 139 cm³/mol. The van der Waals surface area contributed by atoms with Crippen molar-refractivity contribution in [2.45, 2.75) is 30.2 Å². The van der Waals surface area contributed by atoms with E-state index in [2.05, 4.69) is 10.2 Å². The van der Waals surface area contributed by atoms with E-state index in [0.29, 0.717) is 28.0 Å². The van der Waals surface area contributed by atoms with Crippen molar-refractivity contribution < 1.29 is 27.8 Å². The molecule has 1 atom stereocenters. The number of hydrogen-bond acceptors (Lipinski definition) is 5. The zero-order chi connectivity index (χ0) is 27.6. The highest BCUT2D eigenvalue weighted by Crippen LogP contribution is 2.33. The fourth-order valence-electron chi connectivity index (χ4n) is 3.78. The van der Waals surface area contributed by atoms with Gasteiger partial charge in [-0.15, -0.1) is 10.2 Å². The summed E-state index contributed by atoms with van der Waals surface area (Å²) in [6, 6.07) is 11.1. The molecule has 3 aromatic carbocycles. The first-order valence-electron chi connectivity index (χ1n) is 11.2. The van der Waals surface area contributed by atoms with Gasteiger partial charge in [0.05, 0.1) is 28.4 Å². The summed E-state index contributed by atoms with van der Waals surface area (Å²) >= 11 is 13.2. The van der Waals surface area contributed by atoms with Crippen LogP contribution in [0.5, 0.6) is 5.75 Å². The van der Waals surface area contributed by atoms with Crippen molar-refractivity contribution in [1.29, 1.82) is 0 Å². The predicted octanol–water partition coefficient (Wildman–Crippen LogP) is 7.34. The maximum atomic E-state index is 14.5. The van der Waals surface area contributed by atoms with Crippen molar-refractivity contribution >= 4 is 40.9 Å². The molecule has 0 radical (unpaired) electrons. The van der Waals surface area contributed by atoms with Crippen LogP contribution in [0.25, 0.3) is 5.69 Å². The first-order chi connectivity index (χ1) is 18.1. The highest BCUT2D eigenvalue weighted by atomic mass is 35.5. The molecular formula is C26H20Cl2F3N3O3S. The van der Waals surface area contributed by atoms with Gasteiger partial charge in [0, 0.05) is 23.8 Å². The lowest BCUT2D eigenvalue weighted by atomic mass is 9.97. The monoisotopic (exact) mass is 581 g/mol. The third kappa shape index (κ3) is 5.92. The number of aromatic nitrogens is 3. The van der Waals surface area contributed by atoms with E-state index in [1.807, 2.05) is 13.0 Å². The molecule has 0 saturated carbocycles. The summed E-state index contributed by atoms with van der Waals surface area (Å²) in [5.74, 6) is -3.75. The molecule has 4 rings (SSSR count). The lowest BCUT2D eigenvalue weighted by molar-refractivity contribution is 0.0695. The van der Waals surface area contributed by atoms with Crippen LogP contribution in [0, 0.1) is 17.5 Å². The summed E-state index contributed by atoms with van der Waals surface area (Å²) < 4.78 is 50.0. The Morgan fingerprint density at radius 2 is 1.74 bits per heavy atom. The number of ether oxygens (including phenoxy) is 1. The molecule has 198 valence electrons. The fraction of sp³-hybridized carbons (Fsp3) is 0.192. The van der Waals surface area contributed by atoms with E-state index in [9.17, 15) is 18.0 Å². The van der Waals surface area contributed by atoms with Gasteiger partial charge in [0.1, 0.15) is 17.5 Å². The summed E-state index contributed by atoms with van der Waals surface area (Å²) in [6.07, 6.45) is 0.390. The lowest BCUT2D eigenvalue weighted by Crippen LogP contribution is -2.08. The minimum atomic E-state index is -1.44. The largest absolute Gasteiger partial charge is 0.494 e. The Morgan fingerprint density at radius 3 is 2.37 bits per heavy atom. The van der Waals surface area contributed by atoms with Crippen molar-refractivity contribution in [2.24, 2.45) is 0 Å². The molecule has 38 heavy (non-hydrogen) atoms. The molecule has 0 aliphatic rings. The smallest absolute Gasteiger partial charge is 0.335 e. The number of rotatable bonds is 9. The number of methoxy groups -OCH3 is 1. The van der Waals surface area contributed by atoms with E-state index >= 15 is 0 Å². The highest BCUT2D eigenvalue weighted by Gasteiger charge is 2.21. The van der Waals surface area contributed by atoms with E-state index in [1.165, 1.54) is 25.3 Å². The summed E-state index contributed by atoms with van der Waals surface area (Å²) in [4.78, 5) is 11.1. The minimum absolute atomic E-state index is 0.00280. The van der Waals surface area contributed by atoms with Crippen molar-refractivity contribution in [2.75, 3.05) is 7.11 Å². The number of nitrogens with zero attached hydrogens (tertiary/aromatic N) is 3. The molecule has 0 amide bonds. The standard InChI is InChI=1S/C26H20Cl2F3N3O3S/c1-13(14-3-5-18(27)19(28)8-14)7-24-32-33-26(34(24)16-4-6-20(29)23(11-16)37-2)38-12-17-21(30)9-15(25(35)36)10-22(17)31/h3-6,8-11,13H,7,12H2,1-2H3,(H,35,36). The molecule has 0 aliphatic heterocycles. The summed E-state index contributed by atoms with van der Waals surface area (Å²) in [6.45, 7) is 1.96. The molecule has 12 heteroatoms. The van der Waals surface area contributed by atoms with Gasteiger partial charge in [-0.05, 0) is 47.9 Å². The van der Waals surface area contributed by atoms with Crippen LogP contribution >= 0.6 is 35.0 Å². The zero-order valence-corrected chi connectivity index (χ0v) is 22.3. The Hall–Kier alpha value is -3.21. The molecule has 1 unspecified atom stereocenters. The maximum absolute atomic E-state index is 14.5. The van der Waals surface area contributed by atoms with Gasteiger partial charge in [-0.2, -0.15) is 0 Å². The van der Waals surface area contributed by atoms with Gasteiger partial charge in [-0.1, -0.05) is 48.0 Å². The van der Waals surface area contributed by atoms with E-state index in [4.69, 9.17) is 33.0 Å². The second-order valence-electron chi connectivity index (χ2n) is 8.34. The number of benzene rings is 3. The van der Waals surface area contributed by atoms with Gasteiger partial charge in [0.2, 0.25) is 0 Å². The number of carboxylic acids is 1. The van der Waals surface area contributed by atoms with Gasteiger partial charge >= 0.3 is 5.97 Å². The second kappa shape index (κ2) is 11.7. The van der Waals surface area contributed by atoms with Crippen LogP contribution in [0.15, 0.2) is 53.7 Å². The maximum Gasteiger partial charge on any atom is 0.335 e. The van der Waals surface area contributed by atoms with E-state index in [0.717, 1.165) is 29.5 Å². The van der Waals surface area contributed by atoms with Crippen LogP contribution in [0.4, 0.5) is 13.2 Å². The van der Waals surface area contributed by atoms with Gasteiger partial charge in [0.15, 0.2) is 16.7 Å². The van der Waals surface area contributed by atoms with Crippen molar-refractivity contribution in [3.63, 3.8) is 0 Å². The molecular weight excluding hydrogens is 562 g/mol. The number of hydrogen-bond donors (Lipinski definition) is 1. The summed E-state index contributed by atoms with van der Waals surface area (Å²) in [5, 5.41) is 18.7. The lowest BCUT2D eigenvalue weighted by Gasteiger charge is -2.16. The van der Waals surface area contributed by atoms with Crippen LogP contribution in [-0.2, 0) is 12.2 Å². The Bertz CT molecular complexity index is 1490. The molecule has 6 nitrogen and oxygen atoms in total. The molecule has 0 bridgehead atoms. The van der Waals surface area contributed by atoms with Crippen LogP contribution < -0.4 is 4.74 Å². The van der Waals surface area contributed by atoms with Gasteiger partial charge in [-0.3, -0.25) is 4.57 Å². The molecule has 0 saturated heterocycles. The molecule has 0 spiro atoms. The Balaban J connectivity index is 1.70. The Labute approximate surface area is 230 Å². The van der Waals surface area contributed by atoms with Crippen LogP contribution in [0.1, 0.15) is 40.2 Å². The normalized spacial score (nSPS) is 12.0. The van der Waals surface area contributed by atoms with Crippen molar-refractivity contribution in [3.05, 3.63) is 98.5 Å². The first kappa shape index (κ1) is 27.8. The van der Waals surface area contributed by atoms with Gasteiger partial charge < -0.3 is 9.84 Å². The van der Waals surface area contributed by atoms with Gasteiger partial charge in [0.25, 0.3) is 0 Å². The number of aromatic carboxylic acids is 1. The third-order valence-corrected chi connectivity index (χ3v) is 7.52. The van der Waals surface area contributed by atoms with Crippen LogP contribution in [0.2, 0.25) is 10.0 Å². The van der Waals surface area contributed by atoms with Crippen molar-refractivity contribution in [1.82, 2.24) is 14.8 Å². The quantitative estimate of drug-likeness (QED) is 0.208. The number of carboxylic acid groups (broad SMARTS) is 1.